The number of thiophene rings is 1. The zero-order chi connectivity index (χ0) is 14.2. The van der Waals surface area contributed by atoms with Gasteiger partial charge in [0.05, 0.1) is 6.61 Å². The van der Waals surface area contributed by atoms with E-state index in [-0.39, 0.29) is 0 Å². The van der Waals surface area contributed by atoms with Gasteiger partial charge in [0.2, 0.25) is 0 Å². The van der Waals surface area contributed by atoms with Gasteiger partial charge in [0.15, 0.2) is 0 Å². The molecule has 1 aromatic heterocycles. The molecule has 2 nitrogen and oxygen atoms in total. The molecule has 1 unspecified atom stereocenters. The Morgan fingerprint density at radius 3 is 3.05 bits per heavy atom. The molecule has 2 aliphatic rings. The maximum absolute atomic E-state index is 5.58. The number of nitrogens with one attached hydrogen (secondary N) is 1. The van der Waals surface area contributed by atoms with Gasteiger partial charge in [-0.1, -0.05) is 12.1 Å². The average Bonchev–Trinajstić information content (AvgIpc) is 3.18. The summed E-state index contributed by atoms with van der Waals surface area (Å²) in [5.74, 6) is 1.07. The van der Waals surface area contributed by atoms with Gasteiger partial charge in [-0.2, -0.15) is 0 Å². The number of rotatable bonds is 4. The summed E-state index contributed by atoms with van der Waals surface area (Å²) in [5, 5.41) is 3.66. The van der Waals surface area contributed by atoms with Crippen LogP contribution >= 0.6 is 11.3 Å². The molecule has 21 heavy (non-hydrogen) atoms. The summed E-state index contributed by atoms with van der Waals surface area (Å²) in [5.41, 5.74) is 4.32. The molecular weight excluding hydrogens is 278 g/mol. The van der Waals surface area contributed by atoms with Crippen LogP contribution in [0.25, 0.3) is 0 Å². The molecule has 0 saturated heterocycles. The van der Waals surface area contributed by atoms with Crippen molar-refractivity contribution < 1.29 is 4.74 Å². The molecule has 1 aliphatic heterocycles. The molecule has 1 aliphatic carbocycles. The number of hydrogen-bond donors (Lipinski definition) is 1. The standard InChI is InChI=1S/C18H21NOS/c1-12(13-5-6-17-14(9-13)7-8-20-17)19-11-16-10-15-3-2-4-18(15)21-16/h5-6,9-10,12,19H,2-4,7-8,11H2,1H3. The summed E-state index contributed by atoms with van der Waals surface area (Å²) in [6, 6.07) is 9.40. The zero-order valence-corrected chi connectivity index (χ0v) is 13.3. The molecule has 2 aromatic rings. The Hall–Kier alpha value is -1.32. The van der Waals surface area contributed by atoms with Gasteiger partial charge in [0, 0.05) is 28.8 Å². The van der Waals surface area contributed by atoms with Crippen LogP contribution in [0.4, 0.5) is 0 Å². The molecule has 110 valence electrons. The quantitative estimate of drug-likeness (QED) is 0.920. The molecule has 0 radical (unpaired) electrons. The summed E-state index contributed by atoms with van der Waals surface area (Å²) in [6.07, 6.45) is 4.97. The maximum atomic E-state index is 5.58. The Labute approximate surface area is 130 Å². The van der Waals surface area contributed by atoms with E-state index in [4.69, 9.17) is 4.74 Å². The molecule has 0 bridgehead atoms. The van der Waals surface area contributed by atoms with Gasteiger partial charge in [0.1, 0.15) is 5.75 Å². The van der Waals surface area contributed by atoms with Gasteiger partial charge in [-0.15, -0.1) is 11.3 Å². The zero-order valence-electron chi connectivity index (χ0n) is 12.4. The highest BCUT2D eigenvalue weighted by Crippen LogP contribution is 2.31. The molecule has 1 aromatic carbocycles. The smallest absolute Gasteiger partial charge is 0.122 e. The minimum absolute atomic E-state index is 0.382. The van der Waals surface area contributed by atoms with Crippen LogP contribution in [0.2, 0.25) is 0 Å². The lowest BCUT2D eigenvalue weighted by Crippen LogP contribution is -2.17. The highest BCUT2D eigenvalue weighted by atomic mass is 32.1. The largest absolute Gasteiger partial charge is 0.493 e. The maximum Gasteiger partial charge on any atom is 0.122 e. The first-order chi connectivity index (χ1) is 10.3. The van der Waals surface area contributed by atoms with E-state index in [1.165, 1.54) is 35.3 Å². The number of aryl methyl sites for hydroxylation is 2. The van der Waals surface area contributed by atoms with E-state index in [0.717, 1.165) is 25.3 Å². The Morgan fingerprint density at radius 1 is 1.19 bits per heavy atom. The third-order valence-corrected chi connectivity index (χ3v) is 5.83. The van der Waals surface area contributed by atoms with Crippen LogP contribution in [-0.4, -0.2) is 6.61 Å². The Balaban J connectivity index is 1.42. The average molecular weight is 299 g/mol. The molecule has 1 N–H and O–H groups in total. The first-order valence-electron chi connectivity index (χ1n) is 7.89. The lowest BCUT2D eigenvalue weighted by molar-refractivity contribution is 0.356. The molecule has 0 fully saturated rings. The monoisotopic (exact) mass is 299 g/mol. The van der Waals surface area contributed by atoms with E-state index in [1.807, 2.05) is 11.3 Å². The summed E-state index contributed by atoms with van der Waals surface area (Å²) < 4.78 is 5.58. The SMILES string of the molecule is CC(NCc1cc2c(s1)CCC2)c1ccc2c(c1)CCO2. The fourth-order valence-electron chi connectivity index (χ4n) is 3.33. The summed E-state index contributed by atoms with van der Waals surface area (Å²) in [4.78, 5) is 3.10. The second-order valence-electron chi connectivity index (χ2n) is 6.08. The van der Waals surface area contributed by atoms with E-state index < -0.39 is 0 Å². The summed E-state index contributed by atoms with van der Waals surface area (Å²) in [6.45, 7) is 4.06. The van der Waals surface area contributed by atoms with Crippen LogP contribution in [0.15, 0.2) is 24.3 Å². The van der Waals surface area contributed by atoms with Crippen molar-refractivity contribution >= 4 is 11.3 Å². The van der Waals surface area contributed by atoms with E-state index in [0.29, 0.717) is 6.04 Å². The van der Waals surface area contributed by atoms with Crippen molar-refractivity contribution in [2.45, 2.75) is 45.2 Å². The van der Waals surface area contributed by atoms with Crippen LogP contribution in [-0.2, 0) is 25.8 Å². The normalized spacial score (nSPS) is 17.4. The fraction of sp³-hybridized carbons (Fsp3) is 0.444. The molecule has 0 amide bonds. The summed E-state index contributed by atoms with van der Waals surface area (Å²) >= 11 is 2.00. The number of hydrogen-bond acceptors (Lipinski definition) is 3. The highest BCUT2D eigenvalue weighted by Gasteiger charge is 2.16. The van der Waals surface area contributed by atoms with Gasteiger partial charge in [-0.25, -0.2) is 0 Å². The van der Waals surface area contributed by atoms with Crippen LogP contribution in [0.3, 0.4) is 0 Å². The van der Waals surface area contributed by atoms with Crippen molar-refractivity contribution in [3.63, 3.8) is 0 Å². The predicted octanol–water partition coefficient (Wildman–Crippen LogP) is 4.02. The molecule has 2 heterocycles. The van der Waals surface area contributed by atoms with Crippen molar-refractivity contribution in [1.82, 2.24) is 5.32 Å². The van der Waals surface area contributed by atoms with E-state index in [1.54, 1.807) is 10.4 Å². The molecule has 1 atom stereocenters. The molecule has 0 spiro atoms. The van der Waals surface area contributed by atoms with Gasteiger partial charge >= 0.3 is 0 Å². The van der Waals surface area contributed by atoms with Crippen molar-refractivity contribution in [2.24, 2.45) is 0 Å². The van der Waals surface area contributed by atoms with E-state index in [9.17, 15) is 0 Å². The lowest BCUT2D eigenvalue weighted by atomic mass is 10.0. The minimum Gasteiger partial charge on any atom is -0.493 e. The highest BCUT2D eigenvalue weighted by molar-refractivity contribution is 7.12. The topological polar surface area (TPSA) is 21.3 Å². The Bertz CT molecular complexity index is 640. The second-order valence-corrected chi connectivity index (χ2v) is 7.30. The lowest BCUT2D eigenvalue weighted by Gasteiger charge is -2.14. The van der Waals surface area contributed by atoms with Crippen molar-refractivity contribution in [2.75, 3.05) is 6.61 Å². The van der Waals surface area contributed by atoms with Gasteiger partial charge < -0.3 is 10.1 Å². The molecule has 0 saturated carbocycles. The number of benzene rings is 1. The molecular formula is C18H21NOS. The van der Waals surface area contributed by atoms with Crippen molar-refractivity contribution in [3.8, 4) is 5.75 Å². The minimum atomic E-state index is 0.382. The van der Waals surface area contributed by atoms with Crippen LogP contribution in [0.1, 0.15) is 45.8 Å². The Kier molecular flexibility index (Phi) is 3.48. The van der Waals surface area contributed by atoms with Crippen molar-refractivity contribution in [1.29, 1.82) is 0 Å². The number of fused-ring (bicyclic) bond motifs is 2. The molecule has 3 heteroatoms. The van der Waals surface area contributed by atoms with Crippen LogP contribution in [0.5, 0.6) is 5.75 Å². The summed E-state index contributed by atoms with van der Waals surface area (Å²) in [7, 11) is 0. The third-order valence-electron chi connectivity index (χ3n) is 4.59. The van der Waals surface area contributed by atoms with Gasteiger partial charge in [0.25, 0.3) is 0 Å². The van der Waals surface area contributed by atoms with Gasteiger partial charge in [-0.05, 0) is 55.0 Å². The van der Waals surface area contributed by atoms with E-state index in [2.05, 4.69) is 36.5 Å². The van der Waals surface area contributed by atoms with Crippen LogP contribution < -0.4 is 10.1 Å². The first kappa shape index (κ1) is 13.4. The molecule has 4 rings (SSSR count). The Morgan fingerprint density at radius 2 is 2.14 bits per heavy atom. The number of ether oxygens (including phenoxy) is 1. The van der Waals surface area contributed by atoms with E-state index >= 15 is 0 Å². The fourth-order valence-corrected chi connectivity index (χ4v) is 4.54. The van der Waals surface area contributed by atoms with Crippen LogP contribution in [0, 0.1) is 0 Å². The third kappa shape index (κ3) is 2.60. The predicted molar refractivity (Wildman–Crippen MR) is 87.2 cm³/mol. The van der Waals surface area contributed by atoms with Crippen molar-refractivity contribution in [3.05, 3.63) is 50.7 Å². The van der Waals surface area contributed by atoms with Gasteiger partial charge in [-0.3, -0.25) is 0 Å². The first-order valence-corrected chi connectivity index (χ1v) is 8.71. The second kappa shape index (κ2) is 5.47.